The van der Waals surface area contributed by atoms with Crippen LogP contribution in [0.25, 0.3) is 0 Å². The largest absolute Gasteiger partial charge is 0.113 e. The van der Waals surface area contributed by atoms with E-state index in [4.69, 9.17) is 11.6 Å². The third kappa shape index (κ3) is 3.12. The number of hydrogen-bond acceptors (Lipinski definition) is 0. The Bertz CT molecular complexity index is 537. The third-order valence-electron chi connectivity index (χ3n) is 2.57. The Hall–Kier alpha value is -0.310. The fraction of sp³-hybridized carbons (Fsp3) is 0.143. The van der Waals surface area contributed by atoms with Crippen LogP contribution in [0, 0.1) is 6.92 Å². The first-order chi connectivity index (χ1) is 8.08. The number of benzene rings is 2. The van der Waals surface area contributed by atoms with Crippen LogP contribution in [0.3, 0.4) is 0 Å². The van der Waals surface area contributed by atoms with Gasteiger partial charge in [0, 0.05) is 8.95 Å². The molecule has 1 unspecified atom stereocenters. The van der Waals surface area contributed by atoms with Gasteiger partial charge in [0.25, 0.3) is 0 Å². The average Bonchev–Trinajstić information content (AvgIpc) is 2.31. The minimum Gasteiger partial charge on any atom is -0.113 e. The predicted octanol–water partition coefficient (Wildman–Crippen LogP) is 5.85. The van der Waals surface area contributed by atoms with E-state index in [1.165, 1.54) is 5.56 Å². The van der Waals surface area contributed by atoms with Crippen LogP contribution in [0.1, 0.15) is 22.1 Å². The lowest BCUT2D eigenvalue weighted by atomic mass is 10.0. The van der Waals surface area contributed by atoms with Gasteiger partial charge in [0.2, 0.25) is 0 Å². The van der Waals surface area contributed by atoms with Crippen LogP contribution in [0.2, 0.25) is 0 Å². The van der Waals surface area contributed by atoms with E-state index in [9.17, 15) is 0 Å². The van der Waals surface area contributed by atoms with Crippen molar-refractivity contribution in [2.24, 2.45) is 0 Å². The van der Waals surface area contributed by atoms with Gasteiger partial charge in [0.05, 0.1) is 5.38 Å². The summed E-state index contributed by atoms with van der Waals surface area (Å²) < 4.78 is 2.07. The summed E-state index contributed by atoms with van der Waals surface area (Å²) in [7, 11) is 0. The molecule has 0 bridgehead atoms. The quantitative estimate of drug-likeness (QED) is 0.579. The summed E-state index contributed by atoms with van der Waals surface area (Å²) in [4.78, 5) is 0. The van der Waals surface area contributed by atoms with Crippen molar-refractivity contribution in [3.05, 3.63) is 68.1 Å². The highest BCUT2D eigenvalue weighted by molar-refractivity contribution is 9.11. The summed E-state index contributed by atoms with van der Waals surface area (Å²) in [5.41, 5.74) is 3.41. The Balaban J connectivity index is 2.43. The highest BCUT2D eigenvalue weighted by Gasteiger charge is 2.14. The molecule has 3 heteroatoms. The molecule has 0 aliphatic rings. The number of hydrogen-bond donors (Lipinski definition) is 0. The molecule has 88 valence electrons. The zero-order valence-corrected chi connectivity index (χ0v) is 13.2. The lowest BCUT2D eigenvalue weighted by Gasteiger charge is -2.13. The molecule has 0 heterocycles. The van der Waals surface area contributed by atoms with E-state index in [2.05, 4.69) is 57.0 Å². The molecule has 0 saturated carbocycles. The van der Waals surface area contributed by atoms with E-state index in [-0.39, 0.29) is 5.38 Å². The molecule has 2 aromatic rings. The molecular weight excluding hydrogens is 363 g/mol. The number of halogens is 3. The third-order valence-corrected chi connectivity index (χ3v) is 4.27. The van der Waals surface area contributed by atoms with E-state index < -0.39 is 0 Å². The summed E-state index contributed by atoms with van der Waals surface area (Å²) in [5.74, 6) is 0. The molecule has 17 heavy (non-hydrogen) atoms. The van der Waals surface area contributed by atoms with Crippen LogP contribution in [0.5, 0.6) is 0 Å². The van der Waals surface area contributed by atoms with Crippen molar-refractivity contribution in [1.82, 2.24) is 0 Å². The highest BCUT2D eigenvalue weighted by atomic mass is 79.9. The van der Waals surface area contributed by atoms with Crippen molar-refractivity contribution in [2.75, 3.05) is 0 Å². The summed E-state index contributed by atoms with van der Waals surface area (Å²) in [6.07, 6.45) is 0. The fourth-order valence-corrected chi connectivity index (χ4v) is 3.02. The molecule has 0 radical (unpaired) electrons. The maximum atomic E-state index is 6.53. The van der Waals surface area contributed by atoms with Crippen LogP contribution in [-0.4, -0.2) is 0 Å². The smallest absolute Gasteiger partial charge is 0.0846 e. The molecule has 0 N–H and O–H groups in total. The normalized spacial score (nSPS) is 12.5. The highest BCUT2D eigenvalue weighted by Crippen LogP contribution is 2.35. The van der Waals surface area contributed by atoms with Crippen LogP contribution < -0.4 is 0 Å². The zero-order valence-electron chi connectivity index (χ0n) is 9.25. The van der Waals surface area contributed by atoms with E-state index in [1.54, 1.807) is 0 Å². The van der Waals surface area contributed by atoms with Crippen molar-refractivity contribution in [1.29, 1.82) is 0 Å². The second-order valence-electron chi connectivity index (χ2n) is 3.94. The standard InChI is InChI=1S/C14H11Br2Cl/c1-9-3-2-4-10(7-9)14(17)12-8-11(15)5-6-13(12)16/h2-8,14H,1H3. The van der Waals surface area contributed by atoms with Gasteiger partial charge in [-0.3, -0.25) is 0 Å². The van der Waals surface area contributed by atoms with Crippen molar-refractivity contribution < 1.29 is 0 Å². The minimum atomic E-state index is -0.137. The first kappa shape index (κ1) is 13.1. The first-order valence-corrected chi connectivity index (χ1v) is 7.26. The molecule has 0 aliphatic carbocycles. The Kier molecular flexibility index (Phi) is 4.29. The van der Waals surface area contributed by atoms with E-state index in [0.29, 0.717) is 0 Å². The molecule has 0 aliphatic heterocycles. The maximum absolute atomic E-state index is 6.53. The van der Waals surface area contributed by atoms with E-state index in [0.717, 1.165) is 20.1 Å². The van der Waals surface area contributed by atoms with Gasteiger partial charge in [0.15, 0.2) is 0 Å². The number of aryl methyl sites for hydroxylation is 1. The molecule has 2 aromatic carbocycles. The molecular formula is C14H11Br2Cl. The fourth-order valence-electron chi connectivity index (χ4n) is 1.72. The van der Waals surface area contributed by atoms with Gasteiger partial charge in [0.1, 0.15) is 0 Å². The molecule has 0 aromatic heterocycles. The Morgan fingerprint density at radius 1 is 1.06 bits per heavy atom. The lowest BCUT2D eigenvalue weighted by Crippen LogP contribution is -1.95. The summed E-state index contributed by atoms with van der Waals surface area (Å²) in [6.45, 7) is 2.07. The Morgan fingerprint density at radius 3 is 2.53 bits per heavy atom. The second kappa shape index (κ2) is 5.55. The van der Waals surface area contributed by atoms with Gasteiger partial charge in [-0.1, -0.05) is 61.7 Å². The van der Waals surface area contributed by atoms with Gasteiger partial charge in [-0.15, -0.1) is 11.6 Å². The van der Waals surface area contributed by atoms with Crippen molar-refractivity contribution in [3.63, 3.8) is 0 Å². The molecule has 0 fully saturated rings. The second-order valence-corrected chi connectivity index (χ2v) is 6.15. The zero-order chi connectivity index (χ0) is 12.4. The molecule has 1 atom stereocenters. The van der Waals surface area contributed by atoms with Crippen molar-refractivity contribution in [2.45, 2.75) is 12.3 Å². The summed E-state index contributed by atoms with van der Waals surface area (Å²) in [5, 5.41) is -0.137. The van der Waals surface area contributed by atoms with Crippen molar-refractivity contribution in [3.8, 4) is 0 Å². The first-order valence-electron chi connectivity index (χ1n) is 5.23. The Labute approximate surface area is 123 Å². The van der Waals surface area contributed by atoms with E-state index >= 15 is 0 Å². The lowest BCUT2D eigenvalue weighted by molar-refractivity contribution is 1.12. The SMILES string of the molecule is Cc1cccc(C(Cl)c2cc(Br)ccc2Br)c1. The maximum Gasteiger partial charge on any atom is 0.0846 e. The summed E-state index contributed by atoms with van der Waals surface area (Å²) in [6, 6.07) is 14.3. The van der Waals surface area contributed by atoms with Gasteiger partial charge in [-0.2, -0.15) is 0 Å². The van der Waals surface area contributed by atoms with Crippen molar-refractivity contribution >= 4 is 43.5 Å². The number of alkyl halides is 1. The van der Waals surface area contributed by atoms with Crippen LogP contribution in [0.4, 0.5) is 0 Å². The summed E-state index contributed by atoms with van der Waals surface area (Å²) >= 11 is 13.5. The van der Waals surface area contributed by atoms with Crippen LogP contribution in [-0.2, 0) is 0 Å². The average molecular weight is 375 g/mol. The monoisotopic (exact) mass is 372 g/mol. The molecule has 0 saturated heterocycles. The van der Waals surface area contributed by atoms with Gasteiger partial charge < -0.3 is 0 Å². The molecule has 0 nitrogen and oxygen atoms in total. The minimum absolute atomic E-state index is 0.137. The molecule has 2 rings (SSSR count). The van der Waals surface area contributed by atoms with Gasteiger partial charge in [-0.25, -0.2) is 0 Å². The van der Waals surface area contributed by atoms with Crippen LogP contribution >= 0.6 is 43.5 Å². The topological polar surface area (TPSA) is 0 Å². The van der Waals surface area contributed by atoms with E-state index in [1.807, 2.05) is 24.3 Å². The van der Waals surface area contributed by atoms with Gasteiger partial charge in [-0.05, 0) is 36.2 Å². The number of rotatable bonds is 2. The van der Waals surface area contributed by atoms with Gasteiger partial charge >= 0.3 is 0 Å². The van der Waals surface area contributed by atoms with Crippen LogP contribution in [0.15, 0.2) is 51.4 Å². The molecule has 0 spiro atoms. The Morgan fingerprint density at radius 2 is 1.82 bits per heavy atom. The predicted molar refractivity (Wildman–Crippen MR) is 80.7 cm³/mol. The molecule has 0 amide bonds.